The van der Waals surface area contributed by atoms with Gasteiger partial charge in [0.15, 0.2) is 11.6 Å². The highest BCUT2D eigenvalue weighted by Crippen LogP contribution is 2.39. The van der Waals surface area contributed by atoms with E-state index in [0.29, 0.717) is 0 Å². The quantitative estimate of drug-likeness (QED) is 0.618. The van der Waals surface area contributed by atoms with Crippen molar-refractivity contribution in [2.24, 2.45) is 0 Å². The maximum Gasteiger partial charge on any atom is 0.193 e. The van der Waals surface area contributed by atoms with Gasteiger partial charge in [-0.1, -0.05) is 13.2 Å². The highest BCUT2D eigenvalue weighted by molar-refractivity contribution is 5.02. The zero-order valence-electron chi connectivity index (χ0n) is 7.62. The van der Waals surface area contributed by atoms with E-state index in [2.05, 4.69) is 13.2 Å². The first-order valence-electron chi connectivity index (χ1n) is 4.49. The summed E-state index contributed by atoms with van der Waals surface area (Å²) in [6.45, 7) is 8.83. The average molecular weight is 182 g/mol. The van der Waals surface area contributed by atoms with Gasteiger partial charge in [-0.05, 0) is 12.2 Å². The second kappa shape index (κ2) is 2.94. The van der Waals surface area contributed by atoms with Crippen LogP contribution in [0.5, 0.6) is 0 Å². The van der Waals surface area contributed by atoms with E-state index in [4.69, 9.17) is 14.2 Å². The van der Waals surface area contributed by atoms with Crippen molar-refractivity contribution in [1.82, 2.24) is 0 Å². The van der Waals surface area contributed by atoms with E-state index in [1.807, 2.05) is 0 Å². The maximum atomic E-state index is 5.72. The molecule has 0 aromatic rings. The topological polar surface area (TPSA) is 27.7 Å². The summed E-state index contributed by atoms with van der Waals surface area (Å²) < 4.78 is 16.4. The molecule has 0 aromatic heterocycles. The van der Waals surface area contributed by atoms with Crippen molar-refractivity contribution < 1.29 is 14.2 Å². The third-order valence-electron chi connectivity index (χ3n) is 2.56. The molecule has 2 rings (SSSR count). The van der Waals surface area contributed by atoms with E-state index < -0.39 is 11.6 Å². The monoisotopic (exact) mass is 182 g/mol. The molecule has 0 amide bonds. The Balaban J connectivity index is 2.02. The molecule has 0 saturated carbocycles. The summed E-state index contributed by atoms with van der Waals surface area (Å²) in [5.41, 5.74) is 0. The summed E-state index contributed by atoms with van der Waals surface area (Å²) in [5, 5.41) is 0. The van der Waals surface area contributed by atoms with Gasteiger partial charge in [-0.2, -0.15) is 0 Å². The van der Waals surface area contributed by atoms with E-state index in [1.54, 1.807) is 12.2 Å². The Hall–Kier alpha value is -0.640. The van der Waals surface area contributed by atoms with Crippen LogP contribution in [-0.4, -0.2) is 24.8 Å². The fraction of sp³-hybridized carbons (Fsp3) is 0.600. The molecule has 3 nitrogen and oxygen atoms in total. The summed E-state index contributed by atoms with van der Waals surface area (Å²) in [7, 11) is 0. The van der Waals surface area contributed by atoms with E-state index in [1.165, 1.54) is 0 Å². The van der Waals surface area contributed by atoms with E-state index in [-0.39, 0.29) is 0 Å². The number of rotatable bonds is 4. The minimum atomic E-state index is -0.630. The lowest BCUT2D eigenvalue weighted by atomic mass is 10.1. The molecule has 0 spiro atoms. The van der Waals surface area contributed by atoms with Gasteiger partial charge in [0.2, 0.25) is 0 Å². The fourth-order valence-electron chi connectivity index (χ4n) is 1.47. The second-order valence-corrected chi connectivity index (χ2v) is 3.33. The third-order valence-corrected chi connectivity index (χ3v) is 2.56. The Morgan fingerprint density at radius 2 is 1.38 bits per heavy atom. The summed E-state index contributed by atoms with van der Waals surface area (Å²) in [6, 6.07) is 0. The summed E-state index contributed by atoms with van der Waals surface area (Å²) >= 11 is 0. The second-order valence-electron chi connectivity index (χ2n) is 3.33. The normalized spacial score (nSPS) is 43.1. The minimum Gasteiger partial charge on any atom is -0.346 e. The van der Waals surface area contributed by atoms with Gasteiger partial charge in [0.25, 0.3) is 0 Å². The van der Waals surface area contributed by atoms with Crippen molar-refractivity contribution in [1.29, 1.82) is 0 Å². The predicted molar refractivity (Wildman–Crippen MR) is 48.1 cm³/mol. The van der Waals surface area contributed by atoms with Crippen LogP contribution in [0.25, 0.3) is 0 Å². The molecule has 2 unspecified atom stereocenters. The Morgan fingerprint density at radius 1 is 1.00 bits per heavy atom. The van der Waals surface area contributed by atoms with Crippen LogP contribution in [0, 0.1) is 0 Å². The molecule has 2 aliphatic rings. The Bertz CT molecular complexity index is 202. The fourth-order valence-corrected chi connectivity index (χ4v) is 1.47. The van der Waals surface area contributed by atoms with Crippen LogP contribution < -0.4 is 0 Å². The molecule has 2 fully saturated rings. The lowest BCUT2D eigenvalue weighted by Gasteiger charge is -2.48. The van der Waals surface area contributed by atoms with Gasteiger partial charge in [-0.25, -0.2) is 0 Å². The van der Waals surface area contributed by atoms with Crippen molar-refractivity contribution in [3.63, 3.8) is 0 Å². The van der Waals surface area contributed by atoms with Gasteiger partial charge >= 0.3 is 0 Å². The van der Waals surface area contributed by atoms with Gasteiger partial charge in [0.05, 0.1) is 13.2 Å². The van der Waals surface area contributed by atoms with Crippen LogP contribution in [0.3, 0.4) is 0 Å². The lowest BCUT2D eigenvalue weighted by molar-refractivity contribution is -0.393. The smallest absolute Gasteiger partial charge is 0.193 e. The average Bonchev–Trinajstić information content (AvgIpc) is 2.02. The molecular weight excluding hydrogens is 168 g/mol. The summed E-state index contributed by atoms with van der Waals surface area (Å²) in [4.78, 5) is 0. The third kappa shape index (κ3) is 1.33. The molecule has 0 aromatic carbocycles. The van der Waals surface area contributed by atoms with Crippen LogP contribution in [0.4, 0.5) is 0 Å². The van der Waals surface area contributed by atoms with Gasteiger partial charge < -0.3 is 14.2 Å². The predicted octanol–water partition coefficient (Wildman–Crippen LogP) is 1.61. The maximum absolute atomic E-state index is 5.72. The highest BCUT2D eigenvalue weighted by Gasteiger charge is 2.47. The molecule has 2 saturated heterocycles. The molecule has 13 heavy (non-hydrogen) atoms. The molecule has 0 radical (unpaired) electrons. The molecule has 0 bridgehead atoms. The van der Waals surface area contributed by atoms with E-state index in [0.717, 1.165) is 26.1 Å². The molecule has 2 aliphatic heterocycles. The van der Waals surface area contributed by atoms with Crippen LogP contribution >= 0.6 is 0 Å². The number of hydrogen-bond acceptors (Lipinski definition) is 3. The minimum absolute atomic E-state index is 0.630. The van der Waals surface area contributed by atoms with Crippen molar-refractivity contribution in [3.8, 4) is 0 Å². The number of hydrogen-bond donors (Lipinski definition) is 0. The van der Waals surface area contributed by atoms with Gasteiger partial charge in [0, 0.05) is 12.8 Å². The van der Waals surface area contributed by atoms with Crippen molar-refractivity contribution in [2.45, 2.75) is 24.4 Å². The van der Waals surface area contributed by atoms with Gasteiger partial charge in [0.1, 0.15) is 0 Å². The molecule has 0 aliphatic carbocycles. The molecule has 2 heterocycles. The first kappa shape index (κ1) is 8.94. The van der Waals surface area contributed by atoms with Crippen LogP contribution in [0.15, 0.2) is 25.3 Å². The molecule has 2 atom stereocenters. The number of ether oxygens (including phenoxy) is 3. The lowest BCUT2D eigenvalue weighted by Crippen LogP contribution is -2.55. The van der Waals surface area contributed by atoms with E-state index in [9.17, 15) is 0 Å². The summed E-state index contributed by atoms with van der Waals surface area (Å²) in [6.07, 6.45) is 5.05. The van der Waals surface area contributed by atoms with Gasteiger partial charge in [-0.15, -0.1) is 0 Å². The van der Waals surface area contributed by atoms with Crippen molar-refractivity contribution >= 4 is 0 Å². The molecule has 3 heteroatoms. The molecular formula is C10H14O3. The standard InChI is InChI=1S/C10H14O3/c1-3-9(5-7-11-9)13-10(4-2)6-8-12-10/h3-4H,1-2,5-8H2. The Kier molecular flexibility index (Phi) is 2.02. The van der Waals surface area contributed by atoms with Gasteiger partial charge in [-0.3, -0.25) is 0 Å². The summed E-state index contributed by atoms with van der Waals surface area (Å²) in [5.74, 6) is -1.26. The van der Waals surface area contributed by atoms with Crippen molar-refractivity contribution in [2.75, 3.05) is 13.2 Å². The highest BCUT2D eigenvalue weighted by atomic mass is 16.8. The van der Waals surface area contributed by atoms with Crippen LogP contribution in [0.2, 0.25) is 0 Å². The first-order chi connectivity index (χ1) is 6.24. The van der Waals surface area contributed by atoms with E-state index >= 15 is 0 Å². The first-order valence-corrected chi connectivity index (χ1v) is 4.49. The Morgan fingerprint density at radius 3 is 1.54 bits per heavy atom. The molecule has 0 N–H and O–H groups in total. The van der Waals surface area contributed by atoms with Crippen LogP contribution in [0.1, 0.15) is 12.8 Å². The van der Waals surface area contributed by atoms with Crippen molar-refractivity contribution in [3.05, 3.63) is 25.3 Å². The zero-order valence-corrected chi connectivity index (χ0v) is 7.62. The largest absolute Gasteiger partial charge is 0.346 e. The molecule has 72 valence electrons. The Labute approximate surface area is 78.0 Å². The SMILES string of the molecule is C=CC1(OC2(C=C)CCO2)CCO1. The van der Waals surface area contributed by atoms with Crippen LogP contribution in [-0.2, 0) is 14.2 Å². The zero-order chi connectivity index (χ0) is 9.36.